The standard InChI is InChI=1S/C21H22N6O2S/c1-2-12-10-13(22)11-16-18(12)26-20(23-16)25-17(28)8-5-9-30-21-24-15-7-4-3-6-14(15)19(29)27-21/h3-4,6-7,10-11H,2,5,8-9,22H2,1H3,(H,24,27,29)(H2,23,25,26,28). The van der Waals surface area contributed by atoms with Gasteiger partial charge in [0.2, 0.25) is 11.9 Å². The maximum Gasteiger partial charge on any atom is 0.259 e. The van der Waals surface area contributed by atoms with Gasteiger partial charge in [-0.25, -0.2) is 9.97 Å². The van der Waals surface area contributed by atoms with Crippen LogP contribution < -0.4 is 16.6 Å². The molecule has 0 saturated heterocycles. The van der Waals surface area contributed by atoms with Gasteiger partial charge in [-0.1, -0.05) is 30.8 Å². The molecule has 0 bridgehead atoms. The summed E-state index contributed by atoms with van der Waals surface area (Å²) in [7, 11) is 0. The highest BCUT2D eigenvalue weighted by atomic mass is 32.2. The van der Waals surface area contributed by atoms with Crippen molar-refractivity contribution < 1.29 is 4.79 Å². The third-order valence-electron chi connectivity index (χ3n) is 4.71. The zero-order valence-electron chi connectivity index (χ0n) is 16.5. The van der Waals surface area contributed by atoms with Gasteiger partial charge in [-0.3, -0.25) is 14.9 Å². The fourth-order valence-electron chi connectivity index (χ4n) is 3.28. The molecule has 0 aliphatic rings. The molecule has 0 saturated carbocycles. The van der Waals surface area contributed by atoms with Gasteiger partial charge in [-0.2, -0.15) is 0 Å². The number of amides is 1. The van der Waals surface area contributed by atoms with Crippen molar-refractivity contribution in [3.8, 4) is 0 Å². The van der Waals surface area contributed by atoms with Crippen molar-refractivity contribution in [2.75, 3.05) is 16.8 Å². The van der Waals surface area contributed by atoms with Gasteiger partial charge in [0.25, 0.3) is 5.56 Å². The van der Waals surface area contributed by atoms with Crippen LogP contribution >= 0.6 is 11.8 Å². The number of nitrogen functional groups attached to an aromatic ring is 1. The third kappa shape index (κ3) is 4.30. The number of imidazole rings is 1. The van der Waals surface area contributed by atoms with Gasteiger partial charge in [0.15, 0.2) is 5.16 Å². The fraction of sp³-hybridized carbons (Fsp3) is 0.238. The number of thioether (sulfide) groups is 1. The van der Waals surface area contributed by atoms with Crippen molar-refractivity contribution in [3.63, 3.8) is 0 Å². The number of aryl methyl sites for hydroxylation is 1. The first-order chi connectivity index (χ1) is 14.5. The van der Waals surface area contributed by atoms with E-state index in [-0.39, 0.29) is 11.5 Å². The van der Waals surface area contributed by atoms with Crippen LogP contribution in [0.15, 0.2) is 46.3 Å². The topological polar surface area (TPSA) is 130 Å². The van der Waals surface area contributed by atoms with Crippen LogP contribution in [0.1, 0.15) is 25.3 Å². The quantitative estimate of drug-likeness (QED) is 0.156. The van der Waals surface area contributed by atoms with E-state index < -0.39 is 0 Å². The molecule has 0 atom stereocenters. The van der Waals surface area contributed by atoms with Crippen LogP contribution in [-0.4, -0.2) is 31.6 Å². The predicted octanol–water partition coefficient (Wildman–Crippen LogP) is 3.46. The number of anilines is 2. The Labute approximate surface area is 176 Å². The summed E-state index contributed by atoms with van der Waals surface area (Å²) in [6.07, 6.45) is 1.80. The van der Waals surface area contributed by atoms with Crippen LogP contribution in [0.5, 0.6) is 0 Å². The van der Waals surface area contributed by atoms with Gasteiger partial charge < -0.3 is 15.7 Å². The van der Waals surface area contributed by atoms with Crippen molar-refractivity contribution in [2.24, 2.45) is 0 Å². The predicted molar refractivity (Wildman–Crippen MR) is 121 cm³/mol. The van der Waals surface area contributed by atoms with Gasteiger partial charge in [-0.15, -0.1) is 0 Å². The Balaban J connectivity index is 1.32. The van der Waals surface area contributed by atoms with Crippen LogP contribution in [0.3, 0.4) is 0 Å². The number of nitrogens with zero attached hydrogens (tertiary/aromatic N) is 2. The third-order valence-corrected chi connectivity index (χ3v) is 5.67. The van der Waals surface area contributed by atoms with Gasteiger partial charge in [0, 0.05) is 17.9 Å². The first-order valence-corrected chi connectivity index (χ1v) is 10.7. The molecular weight excluding hydrogens is 400 g/mol. The zero-order valence-corrected chi connectivity index (χ0v) is 17.3. The molecule has 1 amide bonds. The minimum atomic E-state index is -0.155. The van der Waals surface area contributed by atoms with E-state index in [0.717, 1.165) is 23.0 Å². The molecule has 4 aromatic rings. The minimum Gasteiger partial charge on any atom is -0.399 e. The Morgan fingerprint density at radius 2 is 2.00 bits per heavy atom. The molecule has 8 nitrogen and oxygen atoms in total. The summed E-state index contributed by atoms with van der Waals surface area (Å²) >= 11 is 1.42. The number of hydrogen-bond acceptors (Lipinski definition) is 6. The highest BCUT2D eigenvalue weighted by Gasteiger charge is 2.11. The van der Waals surface area contributed by atoms with Crippen LogP contribution in [0.4, 0.5) is 11.6 Å². The summed E-state index contributed by atoms with van der Waals surface area (Å²) in [5.41, 5.74) is 9.77. The largest absolute Gasteiger partial charge is 0.399 e. The van der Waals surface area contributed by atoms with Crippen molar-refractivity contribution in [1.29, 1.82) is 0 Å². The lowest BCUT2D eigenvalue weighted by molar-refractivity contribution is -0.116. The van der Waals surface area contributed by atoms with E-state index >= 15 is 0 Å². The SMILES string of the molecule is CCc1cc(N)cc2nc(NC(=O)CCCSc3nc4ccccc4c(=O)[nH]3)[nH]c12. The summed E-state index contributed by atoms with van der Waals surface area (Å²) in [6.45, 7) is 2.04. The number of aromatic amines is 2. The lowest BCUT2D eigenvalue weighted by Crippen LogP contribution is -2.13. The summed E-state index contributed by atoms with van der Waals surface area (Å²) < 4.78 is 0. The Morgan fingerprint density at radius 1 is 1.17 bits per heavy atom. The molecule has 9 heteroatoms. The summed E-state index contributed by atoms with van der Waals surface area (Å²) in [5, 5.41) is 3.93. The molecular formula is C21H22N6O2S. The summed E-state index contributed by atoms with van der Waals surface area (Å²) in [5.74, 6) is 0.954. The molecule has 30 heavy (non-hydrogen) atoms. The van der Waals surface area contributed by atoms with Crippen LogP contribution in [-0.2, 0) is 11.2 Å². The average Bonchev–Trinajstić information content (AvgIpc) is 3.12. The van der Waals surface area contributed by atoms with E-state index in [4.69, 9.17) is 5.73 Å². The van der Waals surface area contributed by atoms with Crippen molar-refractivity contribution in [3.05, 3.63) is 52.3 Å². The smallest absolute Gasteiger partial charge is 0.259 e. The summed E-state index contributed by atoms with van der Waals surface area (Å²) in [4.78, 5) is 39.2. The monoisotopic (exact) mass is 422 g/mol. The molecule has 0 fully saturated rings. The van der Waals surface area contributed by atoms with Gasteiger partial charge in [0.05, 0.1) is 21.9 Å². The number of rotatable bonds is 7. The molecule has 2 heterocycles. The Morgan fingerprint density at radius 3 is 2.83 bits per heavy atom. The number of hydrogen-bond donors (Lipinski definition) is 4. The molecule has 4 rings (SSSR count). The second-order valence-electron chi connectivity index (χ2n) is 6.90. The minimum absolute atomic E-state index is 0.124. The van der Waals surface area contributed by atoms with E-state index in [1.807, 2.05) is 31.2 Å². The maximum atomic E-state index is 12.3. The number of carbonyl (C=O) groups excluding carboxylic acids is 1. The molecule has 2 aromatic heterocycles. The first kappa shape index (κ1) is 20.0. The van der Waals surface area contributed by atoms with Crippen LogP contribution in [0.25, 0.3) is 21.9 Å². The highest BCUT2D eigenvalue weighted by molar-refractivity contribution is 7.99. The van der Waals surface area contributed by atoms with E-state index in [0.29, 0.717) is 46.3 Å². The second-order valence-corrected chi connectivity index (χ2v) is 7.99. The number of benzene rings is 2. The fourth-order valence-corrected chi connectivity index (χ4v) is 4.09. The van der Waals surface area contributed by atoms with E-state index in [1.165, 1.54) is 11.8 Å². The molecule has 0 aliphatic heterocycles. The highest BCUT2D eigenvalue weighted by Crippen LogP contribution is 2.23. The summed E-state index contributed by atoms with van der Waals surface area (Å²) in [6, 6.07) is 10.9. The van der Waals surface area contributed by atoms with E-state index in [2.05, 4.69) is 25.3 Å². The molecule has 0 unspecified atom stereocenters. The number of H-pyrrole nitrogens is 2. The van der Waals surface area contributed by atoms with Crippen molar-refractivity contribution in [2.45, 2.75) is 31.3 Å². The Kier molecular flexibility index (Phi) is 5.71. The van der Waals surface area contributed by atoms with Gasteiger partial charge in [0.1, 0.15) is 0 Å². The normalized spacial score (nSPS) is 11.2. The van der Waals surface area contributed by atoms with Crippen molar-refractivity contribution in [1.82, 2.24) is 19.9 Å². The number of aromatic nitrogens is 4. The molecule has 2 aromatic carbocycles. The number of nitrogens with one attached hydrogen (secondary N) is 3. The van der Waals surface area contributed by atoms with E-state index in [9.17, 15) is 9.59 Å². The lowest BCUT2D eigenvalue weighted by atomic mass is 10.1. The number of fused-ring (bicyclic) bond motifs is 2. The molecule has 5 N–H and O–H groups in total. The molecule has 0 aliphatic carbocycles. The number of carbonyl (C=O) groups is 1. The molecule has 154 valence electrons. The van der Waals surface area contributed by atoms with Gasteiger partial charge in [-0.05, 0) is 42.7 Å². The zero-order chi connectivity index (χ0) is 21.1. The number of nitrogens with two attached hydrogens (primary N) is 1. The van der Waals surface area contributed by atoms with Crippen molar-refractivity contribution >= 4 is 51.2 Å². The Hall–Kier alpha value is -3.33. The molecule has 0 spiro atoms. The lowest BCUT2D eigenvalue weighted by Gasteiger charge is -2.03. The average molecular weight is 423 g/mol. The first-order valence-electron chi connectivity index (χ1n) is 9.73. The van der Waals surface area contributed by atoms with E-state index in [1.54, 1.807) is 12.1 Å². The Bertz CT molecular complexity index is 1280. The van der Waals surface area contributed by atoms with Crippen LogP contribution in [0.2, 0.25) is 0 Å². The molecule has 0 radical (unpaired) electrons. The van der Waals surface area contributed by atoms with Crippen LogP contribution in [0, 0.1) is 0 Å². The second kappa shape index (κ2) is 8.58. The maximum absolute atomic E-state index is 12.3. The number of para-hydroxylation sites is 1. The van der Waals surface area contributed by atoms with Gasteiger partial charge >= 0.3 is 0 Å².